The normalized spacial score (nSPS) is 11.9. The average Bonchev–Trinajstić information content (AvgIpc) is 3.39. The first-order valence-corrected chi connectivity index (χ1v) is 11.1. The molecule has 3 N–H and O–H groups in total. The van der Waals surface area contributed by atoms with Crippen LogP contribution in [0.25, 0.3) is 32.7 Å². The second-order valence-corrected chi connectivity index (χ2v) is 9.80. The van der Waals surface area contributed by atoms with Gasteiger partial charge >= 0.3 is 0 Å². The summed E-state index contributed by atoms with van der Waals surface area (Å²) in [4.78, 5) is 33.1. The van der Waals surface area contributed by atoms with Crippen molar-refractivity contribution in [3.8, 4) is 21.7 Å². The van der Waals surface area contributed by atoms with Crippen LogP contribution in [0.1, 0.15) is 27.2 Å². The highest BCUT2D eigenvalue weighted by atomic mass is 35.5. The van der Waals surface area contributed by atoms with Gasteiger partial charge < -0.3 is 14.9 Å². The molecule has 10 heteroatoms. The molecule has 4 heterocycles. The summed E-state index contributed by atoms with van der Waals surface area (Å²) in [6.45, 7) is 6.82. The van der Waals surface area contributed by atoms with Gasteiger partial charge in [-0.3, -0.25) is 14.7 Å². The fourth-order valence-electron chi connectivity index (χ4n) is 3.62. The van der Waals surface area contributed by atoms with Gasteiger partial charge in [-0.05, 0) is 16.9 Å². The van der Waals surface area contributed by atoms with E-state index in [1.165, 1.54) is 17.7 Å². The van der Waals surface area contributed by atoms with Crippen LogP contribution in [0.2, 0.25) is 5.02 Å². The number of nitrogens with zero attached hydrogens (tertiary/aromatic N) is 3. The van der Waals surface area contributed by atoms with Crippen LogP contribution in [0.4, 0.5) is 0 Å². The molecule has 0 spiro atoms. The molecule has 0 bridgehead atoms. The van der Waals surface area contributed by atoms with Crippen LogP contribution in [0.3, 0.4) is 0 Å². The maximum Gasteiger partial charge on any atom is 0.275 e. The number of hydrogen-bond donors (Lipinski definition) is 3. The van der Waals surface area contributed by atoms with Crippen molar-refractivity contribution in [3.63, 3.8) is 0 Å². The lowest BCUT2D eigenvalue weighted by molar-refractivity contribution is -0.122. The van der Waals surface area contributed by atoms with Gasteiger partial charge in [-0.1, -0.05) is 32.4 Å². The number of rotatable bonds is 6. The summed E-state index contributed by atoms with van der Waals surface area (Å²) in [7, 11) is 0. The van der Waals surface area contributed by atoms with E-state index in [9.17, 15) is 9.59 Å². The van der Waals surface area contributed by atoms with Crippen molar-refractivity contribution in [2.45, 2.75) is 33.7 Å². The van der Waals surface area contributed by atoms with Crippen molar-refractivity contribution in [3.05, 3.63) is 45.5 Å². The number of H-pyrrole nitrogens is 2. The Morgan fingerprint density at radius 2 is 2.16 bits per heavy atom. The highest BCUT2D eigenvalue weighted by Gasteiger charge is 2.26. The Hall–Kier alpha value is -2.91. The first-order chi connectivity index (χ1) is 14.8. The molecule has 0 fully saturated rings. The predicted molar refractivity (Wildman–Crippen MR) is 123 cm³/mol. The molecule has 0 aliphatic rings. The van der Waals surface area contributed by atoms with Gasteiger partial charge in [0.15, 0.2) is 0 Å². The van der Waals surface area contributed by atoms with Crippen LogP contribution in [0.5, 0.6) is 0 Å². The smallest absolute Gasteiger partial charge is 0.275 e. The number of carbonyl (C=O) groups excluding carboxylic acids is 1. The van der Waals surface area contributed by atoms with Crippen LogP contribution in [-0.2, 0) is 11.3 Å². The van der Waals surface area contributed by atoms with Gasteiger partial charge in [0.2, 0.25) is 5.91 Å². The molecule has 1 amide bonds. The molecule has 0 aliphatic heterocycles. The second kappa shape index (κ2) is 8.32. The van der Waals surface area contributed by atoms with Gasteiger partial charge in [-0.2, -0.15) is 5.10 Å². The van der Waals surface area contributed by atoms with E-state index in [2.05, 4.69) is 25.5 Å². The van der Waals surface area contributed by atoms with Gasteiger partial charge in [-0.15, -0.1) is 11.3 Å². The first-order valence-electron chi connectivity index (χ1n) is 9.85. The largest absolute Gasteiger partial charge is 0.354 e. The predicted octanol–water partition coefficient (Wildman–Crippen LogP) is 4.05. The molecule has 0 atom stereocenters. The molecule has 0 saturated carbocycles. The summed E-state index contributed by atoms with van der Waals surface area (Å²) in [6, 6.07) is 1.82. The Balaban J connectivity index is 1.83. The summed E-state index contributed by atoms with van der Waals surface area (Å²) in [5, 5.41) is 12.3. The molecule has 31 heavy (non-hydrogen) atoms. The van der Waals surface area contributed by atoms with E-state index in [0.29, 0.717) is 35.6 Å². The van der Waals surface area contributed by atoms with E-state index in [4.69, 9.17) is 11.6 Å². The van der Waals surface area contributed by atoms with Crippen molar-refractivity contribution in [2.24, 2.45) is 5.41 Å². The summed E-state index contributed by atoms with van der Waals surface area (Å²) >= 11 is 7.99. The van der Waals surface area contributed by atoms with Gasteiger partial charge in [0.1, 0.15) is 11.0 Å². The van der Waals surface area contributed by atoms with E-state index < -0.39 is 0 Å². The molecule has 0 aromatic carbocycles. The fourth-order valence-corrected chi connectivity index (χ4v) is 4.83. The van der Waals surface area contributed by atoms with Crippen LogP contribution >= 0.6 is 22.9 Å². The maximum absolute atomic E-state index is 12.8. The van der Waals surface area contributed by atoms with Gasteiger partial charge in [0, 0.05) is 36.8 Å². The van der Waals surface area contributed by atoms with Gasteiger partial charge in [0.05, 0.1) is 28.1 Å². The molecule has 162 valence electrons. The minimum atomic E-state index is -0.255. The number of aromatic nitrogens is 5. The molecule has 0 aliphatic carbocycles. The van der Waals surface area contributed by atoms with Crippen molar-refractivity contribution >= 4 is 39.9 Å². The number of amides is 1. The first kappa shape index (κ1) is 21.3. The molecule has 0 unspecified atom stereocenters. The van der Waals surface area contributed by atoms with E-state index in [-0.39, 0.29) is 16.9 Å². The zero-order chi connectivity index (χ0) is 22.2. The number of fused-ring (bicyclic) bond motifs is 1. The molecule has 8 nitrogen and oxygen atoms in total. The molecule has 4 rings (SSSR count). The van der Waals surface area contributed by atoms with Crippen molar-refractivity contribution in [1.82, 2.24) is 30.0 Å². The lowest BCUT2D eigenvalue weighted by Gasteiger charge is -2.18. The Morgan fingerprint density at radius 1 is 1.35 bits per heavy atom. The third-order valence-corrected chi connectivity index (χ3v) is 6.16. The zero-order valence-corrected chi connectivity index (χ0v) is 19.0. The number of hydrogen-bond acceptors (Lipinski definition) is 5. The summed E-state index contributed by atoms with van der Waals surface area (Å²) in [5.74, 6) is -0.0261. The van der Waals surface area contributed by atoms with Crippen LogP contribution in [0.15, 0.2) is 35.0 Å². The van der Waals surface area contributed by atoms with Gasteiger partial charge in [-0.25, -0.2) is 4.98 Å². The third kappa shape index (κ3) is 4.28. The molecule has 4 aromatic heterocycles. The third-order valence-electron chi connectivity index (χ3n) is 4.81. The van der Waals surface area contributed by atoms with E-state index in [1.807, 2.05) is 36.8 Å². The molecular formula is C21H23ClN6O2S. The number of aromatic amines is 2. The number of halogens is 1. The number of nitrogens with one attached hydrogen (secondary N) is 3. The highest BCUT2D eigenvalue weighted by Crippen LogP contribution is 2.43. The molecule has 0 radical (unpaired) electrons. The van der Waals surface area contributed by atoms with Crippen molar-refractivity contribution < 1.29 is 4.79 Å². The summed E-state index contributed by atoms with van der Waals surface area (Å²) in [5.41, 5.74) is 3.00. The Bertz CT molecular complexity index is 1280. The van der Waals surface area contributed by atoms with E-state index in [0.717, 1.165) is 21.7 Å². The SMILES string of the molecule is CC(C)(C)CC(=O)NCCn1c(-c2sccc2Cl)c(-c2cn[nH]c2)c2nc[nH]c(=O)c21. The lowest BCUT2D eigenvalue weighted by Crippen LogP contribution is -2.30. The summed E-state index contributed by atoms with van der Waals surface area (Å²) in [6.07, 6.45) is 5.27. The molecular weight excluding hydrogens is 436 g/mol. The van der Waals surface area contributed by atoms with Gasteiger partial charge in [0.25, 0.3) is 5.56 Å². The topological polar surface area (TPSA) is 108 Å². The minimum absolute atomic E-state index is 0.0261. The zero-order valence-electron chi connectivity index (χ0n) is 17.5. The average molecular weight is 459 g/mol. The monoisotopic (exact) mass is 458 g/mol. The van der Waals surface area contributed by atoms with Crippen molar-refractivity contribution in [2.75, 3.05) is 6.54 Å². The van der Waals surface area contributed by atoms with E-state index >= 15 is 0 Å². The summed E-state index contributed by atoms with van der Waals surface area (Å²) < 4.78 is 1.89. The number of carbonyl (C=O) groups is 1. The quantitative estimate of drug-likeness (QED) is 0.405. The Kier molecular flexibility index (Phi) is 5.72. The van der Waals surface area contributed by atoms with Crippen LogP contribution < -0.4 is 10.9 Å². The fraction of sp³-hybridized carbons (Fsp3) is 0.333. The minimum Gasteiger partial charge on any atom is -0.354 e. The Morgan fingerprint density at radius 3 is 2.81 bits per heavy atom. The molecule has 0 saturated heterocycles. The van der Waals surface area contributed by atoms with Crippen LogP contribution in [-0.4, -0.2) is 37.2 Å². The van der Waals surface area contributed by atoms with Crippen LogP contribution in [0, 0.1) is 5.41 Å². The standard InChI is InChI=1S/C21H23ClN6O2S/c1-21(2,3)8-14(29)23-5-6-28-17(19-13(22)4-7-31-19)15(12-9-26-27-10-12)16-18(28)20(30)25-11-24-16/h4,7,9-11H,5-6,8H2,1-3H3,(H,23,29)(H,26,27)(H,24,25,30). The number of thiophene rings is 1. The lowest BCUT2D eigenvalue weighted by atomic mass is 9.92. The highest BCUT2D eigenvalue weighted by molar-refractivity contribution is 7.14. The maximum atomic E-state index is 12.8. The Labute approximate surface area is 187 Å². The van der Waals surface area contributed by atoms with Crippen molar-refractivity contribution in [1.29, 1.82) is 0 Å². The second-order valence-electron chi connectivity index (χ2n) is 8.48. The molecule has 4 aromatic rings. The van der Waals surface area contributed by atoms with E-state index in [1.54, 1.807) is 12.4 Å².